The Bertz CT molecular complexity index is 1500. The number of para-hydroxylation sites is 2. The second-order valence-corrected chi connectivity index (χ2v) is 8.99. The van der Waals surface area contributed by atoms with Crippen molar-refractivity contribution in [3.05, 3.63) is 127 Å². The zero-order valence-electron chi connectivity index (χ0n) is 20.0. The van der Waals surface area contributed by atoms with Crippen LogP contribution in [-0.2, 0) is 6.42 Å². The summed E-state index contributed by atoms with van der Waals surface area (Å²) in [5, 5.41) is 12.8. The summed E-state index contributed by atoms with van der Waals surface area (Å²) < 4.78 is 1.64. The number of phenolic OH excluding ortho intramolecular Hbond substituents is 1. The number of rotatable bonds is 6. The van der Waals surface area contributed by atoms with Crippen LogP contribution in [0.4, 0.5) is 22.9 Å². The van der Waals surface area contributed by atoms with E-state index in [9.17, 15) is 9.90 Å². The molecular formula is C31H25N4O2+. The van der Waals surface area contributed by atoms with Crippen LogP contribution in [0.1, 0.15) is 10.4 Å². The highest BCUT2D eigenvalue weighted by molar-refractivity contribution is 5.82. The highest BCUT2D eigenvalue weighted by atomic mass is 16.3. The Morgan fingerprint density at radius 2 is 1.38 bits per heavy atom. The van der Waals surface area contributed by atoms with Crippen molar-refractivity contribution in [2.75, 3.05) is 10.2 Å². The maximum Gasteiger partial charge on any atom is 0.359 e. The van der Waals surface area contributed by atoms with E-state index in [4.69, 9.17) is 0 Å². The van der Waals surface area contributed by atoms with Crippen LogP contribution in [0.15, 0.2) is 122 Å². The van der Waals surface area contributed by atoms with Crippen LogP contribution in [0, 0.1) is 0 Å². The fourth-order valence-corrected chi connectivity index (χ4v) is 4.65. The van der Waals surface area contributed by atoms with E-state index < -0.39 is 0 Å². The van der Waals surface area contributed by atoms with Gasteiger partial charge in [-0.25, -0.2) is 9.78 Å². The molecule has 37 heavy (non-hydrogen) atoms. The van der Waals surface area contributed by atoms with E-state index in [1.807, 2.05) is 60.7 Å². The van der Waals surface area contributed by atoms with Crippen molar-refractivity contribution >= 4 is 28.8 Å². The number of hydrogen-bond donors (Lipinski definition) is 2. The lowest BCUT2D eigenvalue weighted by Gasteiger charge is -2.25. The molecule has 6 nitrogen and oxygen atoms in total. The molecule has 6 rings (SSSR count). The summed E-state index contributed by atoms with van der Waals surface area (Å²) in [5.41, 5.74) is 5.80. The molecular weight excluding hydrogens is 460 g/mol. The van der Waals surface area contributed by atoms with Crippen LogP contribution in [0.3, 0.4) is 0 Å². The summed E-state index contributed by atoms with van der Waals surface area (Å²) >= 11 is 0. The van der Waals surface area contributed by atoms with Gasteiger partial charge in [-0.05, 0) is 54.1 Å². The van der Waals surface area contributed by atoms with Crippen molar-refractivity contribution in [3.63, 3.8) is 0 Å². The van der Waals surface area contributed by atoms with Gasteiger partial charge < -0.3 is 10.0 Å². The Hall–Kier alpha value is -4.97. The van der Waals surface area contributed by atoms with Crippen molar-refractivity contribution in [2.24, 2.45) is 0 Å². The molecule has 6 heteroatoms. The molecule has 0 fully saturated rings. The van der Waals surface area contributed by atoms with E-state index in [0.717, 1.165) is 33.9 Å². The number of benzene rings is 4. The Labute approximate surface area is 215 Å². The lowest BCUT2D eigenvalue weighted by Crippen LogP contribution is -2.43. The molecule has 4 aromatic carbocycles. The normalized spacial score (nSPS) is 14.2. The molecule has 1 aliphatic rings. The lowest BCUT2D eigenvalue weighted by molar-refractivity contribution is -0.552. The molecule has 180 valence electrons. The fraction of sp³-hybridized carbons (Fsp3) is 0.0645. The zero-order chi connectivity index (χ0) is 25.2. The molecule has 0 saturated heterocycles. The van der Waals surface area contributed by atoms with Gasteiger partial charge in [0, 0.05) is 29.0 Å². The number of anilines is 4. The minimum absolute atomic E-state index is 0.0253. The largest absolute Gasteiger partial charge is 0.508 e. The van der Waals surface area contributed by atoms with Crippen molar-refractivity contribution in [1.82, 2.24) is 4.98 Å². The first-order valence-electron chi connectivity index (χ1n) is 12.2. The van der Waals surface area contributed by atoms with Gasteiger partial charge in [0.25, 0.3) is 0 Å². The Morgan fingerprint density at radius 1 is 0.784 bits per heavy atom. The van der Waals surface area contributed by atoms with Crippen LogP contribution >= 0.6 is 0 Å². The minimum atomic E-state index is -0.380. The molecule has 1 aliphatic heterocycles. The second kappa shape index (κ2) is 9.59. The van der Waals surface area contributed by atoms with Gasteiger partial charge in [0.2, 0.25) is 0 Å². The third-order valence-corrected chi connectivity index (χ3v) is 6.52. The zero-order valence-corrected chi connectivity index (χ0v) is 20.0. The van der Waals surface area contributed by atoms with E-state index in [1.165, 1.54) is 0 Å². The summed E-state index contributed by atoms with van der Waals surface area (Å²) in [6.07, 6.45) is 4.03. The van der Waals surface area contributed by atoms with Crippen molar-refractivity contribution in [1.29, 1.82) is 0 Å². The van der Waals surface area contributed by atoms with Gasteiger partial charge in [0.05, 0.1) is 0 Å². The SMILES string of the molecule is O=C1C(Cc2ccc(O)cc2)Nc2cnc(-c3ccc(N(c4ccccc4)c4ccccc4)cc3)c[n+]21. The van der Waals surface area contributed by atoms with Gasteiger partial charge in [-0.1, -0.05) is 60.7 Å². The number of nitrogens with one attached hydrogen (secondary N) is 1. The first-order chi connectivity index (χ1) is 18.2. The van der Waals surface area contributed by atoms with Gasteiger partial charge in [0.15, 0.2) is 6.04 Å². The minimum Gasteiger partial charge on any atom is -0.508 e. The fourth-order valence-electron chi connectivity index (χ4n) is 4.65. The predicted molar refractivity (Wildman–Crippen MR) is 144 cm³/mol. The molecule has 1 unspecified atom stereocenters. The van der Waals surface area contributed by atoms with Crippen LogP contribution < -0.4 is 14.8 Å². The van der Waals surface area contributed by atoms with Gasteiger partial charge in [-0.15, -0.1) is 0 Å². The average molecular weight is 486 g/mol. The number of aromatic hydroxyl groups is 1. The van der Waals surface area contributed by atoms with Crippen molar-refractivity contribution in [2.45, 2.75) is 12.5 Å². The molecule has 1 atom stereocenters. The maximum absolute atomic E-state index is 13.1. The molecule has 2 N–H and O–H groups in total. The quantitative estimate of drug-likeness (QED) is 0.294. The number of phenols is 1. The Balaban J connectivity index is 1.26. The molecule has 1 aromatic heterocycles. The maximum atomic E-state index is 13.1. The predicted octanol–water partition coefficient (Wildman–Crippen LogP) is 5.89. The molecule has 0 bridgehead atoms. The average Bonchev–Trinajstić information content (AvgIpc) is 3.26. The first kappa shape index (κ1) is 22.5. The summed E-state index contributed by atoms with van der Waals surface area (Å²) in [6, 6.07) is 35.3. The van der Waals surface area contributed by atoms with E-state index in [2.05, 4.69) is 51.6 Å². The van der Waals surface area contributed by atoms with E-state index in [0.29, 0.717) is 12.2 Å². The summed E-state index contributed by atoms with van der Waals surface area (Å²) in [7, 11) is 0. The Morgan fingerprint density at radius 3 is 2.00 bits per heavy atom. The highest BCUT2D eigenvalue weighted by Crippen LogP contribution is 2.35. The van der Waals surface area contributed by atoms with E-state index >= 15 is 0 Å². The molecule has 0 amide bonds. The molecule has 0 saturated carbocycles. The number of nitrogens with zero attached hydrogens (tertiary/aromatic N) is 3. The highest BCUT2D eigenvalue weighted by Gasteiger charge is 2.38. The van der Waals surface area contributed by atoms with Crippen molar-refractivity contribution < 1.29 is 14.5 Å². The van der Waals surface area contributed by atoms with Gasteiger partial charge in [0.1, 0.15) is 23.8 Å². The molecule has 2 heterocycles. The van der Waals surface area contributed by atoms with Gasteiger partial charge in [-0.3, -0.25) is 5.32 Å². The number of carbonyl (C=O) groups excluding carboxylic acids is 1. The van der Waals surface area contributed by atoms with Crippen LogP contribution in [0.5, 0.6) is 5.75 Å². The smallest absolute Gasteiger partial charge is 0.359 e. The summed E-state index contributed by atoms with van der Waals surface area (Å²) in [6.45, 7) is 0. The second-order valence-electron chi connectivity index (χ2n) is 8.99. The third kappa shape index (κ3) is 4.52. The molecule has 0 spiro atoms. The first-order valence-corrected chi connectivity index (χ1v) is 12.2. The van der Waals surface area contributed by atoms with E-state index in [1.54, 1.807) is 29.1 Å². The topological polar surface area (TPSA) is 69.3 Å². The number of carbonyl (C=O) groups is 1. The molecule has 0 radical (unpaired) electrons. The van der Waals surface area contributed by atoms with Crippen LogP contribution in [0.25, 0.3) is 11.3 Å². The number of hydrogen-bond acceptors (Lipinski definition) is 5. The van der Waals surface area contributed by atoms with Crippen LogP contribution in [0.2, 0.25) is 0 Å². The van der Waals surface area contributed by atoms with Gasteiger partial charge in [-0.2, -0.15) is 4.57 Å². The lowest BCUT2D eigenvalue weighted by atomic mass is 10.1. The standard InChI is InChI=1S/C31H24N4O2/c36-27-17-11-22(12-18-27)19-28-31(37)34-21-29(32-20-30(34)33-28)23-13-15-26(16-14-23)35(24-7-3-1-4-8-24)25-9-5-2-6-10-25/h1-18,20-21,28,36H,19H2/p+1. The van der Waals surface area contributed by atoms with Gasteiger partial charge >= 0.3 is 11.7 Å². The molecule has 0 aliphatic carbocycles. The number of aromatic nitrogens is 2. The van der Waals surface area contributed by atoms with Crippen molar-refractivity contribution in [3.8, 4) is 17.0 Å². The number of fused-ring (bicyclic) bond motifs is 1. The molecule has 5 aromatic rings. The van der Waals surface area contributed by atoms with E-state index in [-0.39, 0.29) is 17.7 Å². The summed E-state index contributed by atoms with van der Waals surface area (Å²) in [5.74, 6) is 0.860. The van der Waals surface area contributed by atoms with Crippen LogP contribution in [-0.4, -0.2) is 22.0 Å². The summed E-state index contributed by atoms with van der Waals surface area (Å²) in [4.78, 5) is 19.9. The third-order valence-electron chi connectivity index (χ3n) is 6.52. The Kier molecular flexibility index (Phi) is 5.83. The monoisotopic (exact) mass is 485 g/mol.